The van der Waals surface area contributed by atoms with E-state index >= 15 is 0 Å². The molecule has 1 saturated heterocycles. The predicted molar refractivity (Wildman–Crippen MR) is 103 cm³/mol. The average molecular weight is 395 g/mol. The number of amides is 2. The Hall–Kier alpha value is -3.29. The van der Waals surface area contributed by atoms with Crippen LogP contribution in [0.5, 0.6) is 0 Å². The molecule has 1 fully saturated rings. The Bertz CT molecular complexity index is 1060. The predicted octanol–water partition coefficient (Wildman–Crippen LogP) is 1.39. The number of rotatable bonds is 5. The highest BCUT2D eigenvalue weighted by Gasteiger charge is 2.46. The van der Waals surface area contributed by atoms with E-state index in [9.17, 15) is 19.2 Å². The van der Waals surface area contributed by atoms with Crippen LogP contribution >= 0.6 is 0 Å². The van der Waals surface area contributed by atoms with Crippen LogP contribution in [-0.4, -0.2) is 38.6 Å². The Morgan fingerprint density at radius 2 is 1.86 bits per heavy atom. The molecular weight excluding hydrogens is 374 g/mol. The van der Waals surface area contributed by atoms with Crippen LogP contribution in [0.3, 0.4) is 0 Å². The lowest BCUT2D eigenvalue weighted by Gasteiger charge is -2.14. The van der Waals surface area contributed by atoms with Crippen molar-refractivity contribution < 1.29 is 19.1 Å². The highest BCUT2D eigenvalue weighted by Crippen LogP contribution is 2.35. The Morgan fingerprint density at radius 1 is 1.17 bits per heavy atom. The first-order valence-electron chi connectivity index (χ1n) is 9.59. The number of aromatic nitrogens is 2. The van der Waals surface area contributed by atoms with Crippen molar-refractivity contribution in [1.82, 2.24) is 14.3 Å². The summed E-state index contributed by atoms with van der Waals surface area (Å²) in [5, 5.41) is 0. The molecular formula is C21H21N3O5. The fourth-order valence-electron chi connectivity index (χ4n) is 3.90. The number of carbonyl (C=O) groups is 3. The lowest BCUT2D eigenvalue weighted by atomic mass is 9.85. The fraction of sp³-hybridized carbons (Fsp3) is 0.381. The Balaban J connectivity index is 1.36. The molecule has 4 rings (SSSR count). The summed E-state index contributed by atoms with van der Waals surface area (Å²) < 4.78 is 6.64. The van der Waals surface area contributed by atoms with Gasteiger partial charge in [-0.05, 0) is 31.4 Å². The summed E-state index contributed by atoms with van der Waals surface area (Å²) in [6, 6.07) is 4.93. The van der Waals surface area contributed by atoms with Gasteiger partial charge in [-0.15, -0.1) is 0 Å². The second-order valence-corrected chi connectivity index (χ2v) is 7.37. The van der Waals surface area contributed by atoms with E-state index < -0.39 is 5.97 Å². The molecule has 0 radical (unpaired) electrons. The van der Waals surface area contributed by atoms with Crippen molar-refractivity contribution in [2.24, 2.45) is 11.8 Å². The second-order valence-electron chi connectivity index (χ2n) is 7.37. The third-order valence-corrected chi connectivity index (χ3v) is 5.46. The van der Waals surface area contributed by atoms with Gasteiger partial charge in [0, 0.05) is 18.8 Å². The van der Waals surface area contributed by atoms with E-state index in [1.165, 1.54) is 15.4 Å². The second kappa shape index (κ2) is 7.62. The number of fused-ring (bicyclic) bond motifs is 2. The monoisotopic (exact) mass is 395 g/mol. The summed E-state index contributed by atoms with van der Waals surface area (Å²) in [4.78, 5) is 54.7. The molecule has 8 nitrogen and oxygen atoms in total. The van der Waals surface area contributed by atoms with Crippen LogP contribution in [0, 0.1) is 18.8 Å². The van der Waals surface area contributed by atoms with Crippen LogP contribution in [0.2, 0.25) is 0 Å². The molecule has 3 heterocycles. The molecule has 0 aromatic carbocycles. The summed E-state index contributed by atoms with van der Waals surface area (Å²) in [5.74, 6) is -1.58. The zero-order chi connectivity index (χ0) is 20.5. The maximum Gasteiger partial charge on any atom is 0.307 e. The molecule has 0 bridgehead atoms. The van der Waals surface area contributed by atoms with E-state index in [4.69, 9.17) is 4.74 Å². The summed E-state index contributed by atoms with van der Waals surface area (Å²) in [6.07, 6.45) is 6.52. The minimum atomic E-state index is -0.551. The molecule has 2 aromatic heterocycles. The normalized spacial score (nSPS) is 20.9. The number of hydrogen-bond acceptors (Lipinski definition) is 6. The van der Waals surface area contributed by atoms with Crippen molar-refractivity contribution in [2.75, 3.05) is 6.54 Å². The van der Waals surface area contributed by atoms with Gasteiger partial charge in [-0.3, -0.25) is 28.5 Å². The molecule has 1 aliphatic heterocycles. The highest BCUT2D eigenvalue weighted by atomic mass is 16.5. The third-order valence-electron chi connectivity index (χ3n) is 5.46. The van der Waals surface area contributed by atoms with Gasteiger partial charge in [-0.25, -0.2) is 4.98 Å². The van der Waals surface area contributed by atoms with Crippen LogP contribution in [0.15, 0.2) is 41.3 Å². The first-order valence-corrected chi connectivity index (χ1v) is 9.59. The largest absolute Gasteiger partial charge is 0.459 e. The molecule has 2 amide bonds. The molecule has 2 atom stereocenters. The molecule has 2 aromatic rings. The van der Waals surface area contributed by atoms with Crippen molar-refractivity contribution in [3.63, 3.8) is 0 Å². The average Bonchev–Trinajstić information content (AvgIpc) is 2.96. The van der Waals surface area contributed by atoms with Gasteiger partial charge in [0.05, 0.1) is 24.0 Å². The summed E-state index contributed by atoms with van der Waals surface area (Å²) in [5.41, 5.74) is 1.44. The summed E-state index contributed by atoms with van der Waals surface area (Å²) in [6.45, 7) is 1.71. The van der Waals surface area contributed by atoms with Crippen molar-refractivity contribution in [3.05, 3.63) is 58.2 Å². The minimum absolute atomic E-state index is 0.0103. The minimum Gasteiger partial charge on any atom is -0.459 e. The lowest BCUT2D eigenvalue weighted by Crippen LogP contribution is -2.33. The molecule has 29 heavy (non-hydrogen) atoms. The van der Waals surface area contributed by atoms with Crippen molar-refractivity contribution in [2.45, 2.75) is 32.8 Å². The Labute approximate surface area is 166 Å². The summed E-state index contributed by atoms with van der Waals surface area (Å²) in [7, 11) is 0. The molecule has 2 aliphatic rings. The first-order chi connectivity index (χ1) is 14.0. The van der Waals surface area contributed by atoms with E-state index in [0.29, 0.717) is 24.2 Å². The first kappa shape index (κ1) is 19.0. The lowest BCUT2D eigenvalue weighted by molar-refractivity contribution is -0.146. The van der Waals surface area contributed by atoms with Gasteiger partial charge >= 0.3 is 5.97 Å². The zero-order valence-corrected chi connectivity index (χ0v) is 16.0. The third kappa shape index (κ3) is 3.57. The van der Waals surface area contributed by atoms with Gasteiger partial charge in [-0.1, -0.05) is 18.2 Å². The van der Waals surface area contributed by atoms with Gasteiger partial charge in [0.2, 0.25) is 11.8 Å². The van der Waals surface area contributed by atoms with Crippen LogP contribution < -0.4 is 5.56 Å². The number of aryl methyl sites for hydroxylation is 1. The number of nitrogens with zero attached hydrogens (tertiary/aromatic N) is 3. The molecule has 1 aliphatic carbocycles. The van der Waals surface area contributed by atoms with E-state index in [1.807, 2.05) is 25.1 Å². The van der Waals surface area contributed by atoms with Crippen LogP contribution in [0.1, 0.15) is 30.5 Å². The Kier molecular flexibility index (Phi) is 5.00. The van der Waals surface area contributed by atoms with Gasteiger partial charge in [0.1, 0.15) is 12.3 Å². The number of esters is 1. The van der Waals surface area contributed by atoms with Crippen LogP contribution in [-0.2, 0) is 25.7 Å². The summed E-state index contributed by atoms with van der Waals surface area (Å²) >= 11 is 0. The van der Waals surface area contributed by atoms with Crippen molar-refractivity contribution >= 4 is 23.4 Å². The maximum atomic E-state index is 12.4. The Morgan fingerprint density at radius 3 is 2.55 bits per heavy atom. The van der Waals surface area contributed by atoms with Crippen LogP contribution in [0.25, 0.3) is 5.65 Å². The van der Waals surface area contributed by atoms with E-state index in [2.05, 4.69) is 4.98 Å². The van der Waals surface area contributed by atoms with Gasteiger partial charge in [0.25, 0.3) is 5.56 Å². The SMILES string of the molecule is Cc1cccn2c(=O)cc(COC(=O)CCN3C(=O)[C@@H]4CC=CC[C@H]4C3=O)nc12. The zero-order valence-electron chi connectivity index (χ0n) is 16.0. The van der Waals surface area contributed by atoms with Crippen molar-refractivity contribution in [1.29, 1.82) is 0 Å². The molecule has 0 spiro atoms. The van der Waals surface area contributed by atoms with E-state index in [0.717, 1.165) is 5.56 Å². The van der Waals surface area contributed by atoms with Crippen molar-refractivity contribution in [3.8, 4) is 0 Å². The molecule has 150 valence electrons. The van der Waals surface area contributed by atoms with Gasteiger partial charge in [0.15, 0.2) is 0 Å². The smallest absolute Gasteiger partial charge is 0.307 e. The number of likely N-dealkylation sites (tertiary alicyclic amines) is 1. The number of carbonyl (C=O) groups excluding carboxylic acids is 3. The number of allylic oxidation sites excluding steroid dienone is 2. The molecule has 0 unspecified atom stereocenters. The number of hydrogen-bond donors (Lipinski definition) is 0. The molecule has 0 N–H and O–H groups in total. The molecule has 8 heteroatoms. The quantitative estimate of drug-likeness (QED) is 0.431. The van der Waals surface area contributed by atoms with Gasteiger partial charge < -0.3 is 4.74 Å². The fourth-order valence-corrected chi connectivity index (χ4v) is 3.90. The number of ether oxygens (including phenoxy) is 1. The molecule has 0 saturated carbocycles. The highest BCUT2D eigenvalue weighted by molar-refractivity contribution is 6.05. The van der Waals surface area contributed by atoms with E-state index in [1.54, 1.807) is 12.3 Å². The van der Waals surface area contributed by atoms with Gasteiger partial charge in [-0.2, -0.15) is 0 Å². The standard InChI is InChI=1S/C21H21N3O5/c1-13-5-4-9-23-17(25)11-14(22-19(13)23)12-29-18(26)8-10-24-20(27)15-6-2-3-7-16(15)21(24)28/h2-5,9,11,15-16H,6-8,10,12H2,1H3/t15-,16-/m1/s1. The number of pyridine rings is 1. The maximum absolute atomic E-state index is 12.4. The number of imide groups is 1. The van der Waals surface area contributed by atoms with Crippen LogP contribution in [0.4, 0.5) is 0 Å². The topological polar surface area (TPSA) is 98.0 Å². The van der Waals surface area contributed by atoms with E-state index in [-0.39, 0.29) is 48.8 Å².